The Bertz CT molecular complexity index is 2990. The van der Waals surface area contributed by atoms with Gasteiger partial charge in [0.25, 0.3) is 0 Å². The smallest absolute Gasteiger partial charge is 0.126 e. The Morgan fingerprint density at radius 3 is 0.716 bits per heavy atom. The summed E-state index contributed by atoms with van der Waals surface area (Å²) in [6.07, 6.45) is 19.8. The van der Waals surface area contributed by atoms with Crippen molar-refractivity contribution >= 4 is 80.5 Å². The van der Waals surface area contributed by atoms with Gasteiger partial charge in [0.15, 0.2) is 0 Å². The monoisotopic (exact) mass is 1100 g/mol. The molecule has 0 radical (unpaired) electrons. The Balaban J connectivity index is 1.15. The van der Waals surface area contributed by atoms with Crippen molar-refractivity contribution in [1.29, 1.82) is 0 Å². The third-order valence-corrected chi connectivity index (χ3v) is 13.9. The number of halogens is 2. The van der Waals surface area contributed by atoms with Crippen molar-refractivity contribution in [1.82, 2.24) is 0 Å². The largest absolute Gasteiger partial charge is 0.493 e. The molecule has 0 unspecified atom stereocenters. The molecular formula is C68H62Br2O4. The molecule has 8 aromatic rings. The van der Waals surface area contributed by atoms with Crippen LogP contribution in [-0.4, -0.2) is 26.4 Å². The number of benzene rings is 8. The molecule has 0 aromatic heterocycles. The average Bonchev–Trinajstić information content (AvgIpc) is 3.41. The zero-order chi connectivity index (χ0) is 51.2. The molecule has 8 bridgehead atoms. The SMILES string of the molecule is CCOc1c2cc(Br)cc1Cc1cc(/C=C/c3ccc(/C=C/c4ccccc4)cc3)cc(c1OCC)Cc1cc(Br)cc(c1OCC)Cc1cc(C=Cc3ccc(/C=C/c4ccccc4)cc3)cc(c1OCC)C2. The topological polar surface area (TPSA) is 36.9 Å². The number of fused-ring (bicyclic) bond motifs is 8. The van der Waals surface area contributed by atoms with Gasteiger partial charge >= 0.3 is 0 Å². The van der Waals surface area contributed by atoms with E-state index in [4.69, 9.17) is 18.9 Å². The van der Waals surface area contributed by atoms with Crippen LogP contribution in [0, 0.1) is 0 Å². The molecule has 0 heterocycles. The van der Waals surface area contributed by atoms with Crippen LogP contribution in [0.2, 0.25) is 0 Å². The molecule has 0 aliphatic heterocycles. The number of rotatable bonds is 16. The minimum atomic E-state index is 0.520. The zero-order valence-corrected chi connectivity index (χ0v) is 45.8. The van der Waals surface area contributed by atoms with Crippen LogP contribution < -0.4 is 18.9 Å². The summed E-state index contributed by atoms with van der Waals surface area (Å²) in [4.78, 5) is 0. The third kappa shape index (κ3) is 13.3. The highest BCUT2D eigenvalue weighted by atomic mass is 79.9. The van der Waals surface area contributed by atoms with Gasteiger partial charge in [0, 0.05) is 56.9 Å². The lowest BCUT2D eigenvalue weighted by atomic mass is 9.89. The van der Waals surface area contributed by atoms with Crippen LogP contribution in [0.3, 0.4) is 0 Å². The minimum absolute atomic E-state index is 0.520. The van der Waals surface area contributed by atoms with Gasteiger partial charge in [0.1, 0.15) is 23.0 Å². The zero-order valence-electron chi connectivity index (χ0n) is 42.7. The second-order valence-corrected chi connectivity index (χ2v) is 20.2. The fourth-order valence-electron chi connectivity index (χ4n) is 9.70. The molecule has 8 aromatic carbocycles. The molecule has 0 saturated heterocycles. The Morgan fingerprint density at radius 1 is 0.284 bits per heavy atom. The van der Waals surface area contributed by atoms with Gasteiger partial charge in [-0.15, -0.1) is 0 Å². The van der Waals surface area contributed by atoms with Gasteiger partial charge in [0.2, 0.25) is 0 Å². The van der Waals surface area contributed by atoms with Crippen LogP contribution in [-0.2, 0) is 25.7 Å². The van der Waals surface area contributed by atoms with Crippen LogP contribution in [0.15, 0.2) is 167 Å². The highest BCUT2D eigenvalue weighted by Crippen LogP contribution is 2.42. The van der Waals surface area contributed by atoms with E-state index in [0.29, 0.717) is 52.1 Å². The van der Waals surface area contributed by atoms with E-state index in [-0.39, 0.29) is 0 Å². The normalized spacial score (nSPS) is 12.5. The van der Waals surface area contributed by atoms with Crippen molar-refractivity contribution < 1.29 is 18.9 Å². The fourth-order valence-corrected chi connectivity index (χ4v) is 10.8. The van der Waals surface area contributed by atoms with Crippen molar-refractivity contribution in [2.24, 2.45) is 0 Å². The molecule has 0 saturated carbocycles. The lowest BCUT2D eigenvalue weighted by molar-refractivity contribution is 0.326. The van der Waals surface area contributed by atoms with E-state index >= 15 is 0 Å². The van der Waals surface area contributed by atoms with Gasteiger partial charge in [0.05, 0.1) is 26.4 Å². The van der Waals surface area contributed by atoms with Crippen LogP contribution in [0.1, 0.15) is 117 Å². The highest BCUT2D eigenvalue weighted by Gasteiger charge is 2.24. The number of ether oxygens (including phenoxy) is 4. The van der Waals surface area contributed by atoms with Crippen molar-refractivity contribution in [3.8, 4) is 23.0 Å². The Morgan fingerprint density at radius 2 is 0.486 bits per heavy atom. The van der Waals surface area contributed by atoms with Crippen LogP contribution in [0.5, 0.6) is 23.0 Å². The van der Waals surface area contributed by atoms with E-state index in [2.05, 4.69) is 254 Å². The third-order valence-electron chi connectivity index (χ3n) is 13.0. The van der Waals surface area contributed by atoms with E-state index in [9.17, 15) is 0 Å². The first-order chi connectivity index (χ1) is 36.2. The molecule has 1 aliphatic rings. The molecule has 0 spiro atoms. The summed E-state index contributed by atoms with van der Waals surface area (Å²) in [7, 11) is 0. The Labute approximate surface area is 455 Å². The van der Waals surface area contributed by atoms with E-state index in [0.717, 1.165) is 110 Å². The first-order valence-corrected chi connectivity index (χ1v) is 27.3. The van der Waals surface area contributed by atoms with E-state index < -0.39 is 0 Å². The molecule has 0 fully saturated rings. The molecule has 1 aliphatic carbocycles. The Kier molecular flexibility index (Phi) is 17.6. The van der Waals surface area contributed by atoms with Gasteiger partial charge in [-0.2, -0.15) is 0 Å². The van der Waals surface area contributed by atoms with E-state index in [1.165, 1.54) is 11.1 Å². The van der Waals surface area contributed by atoms with Gasteiger partial charge in [-0.05, 0) is 143 Å². The first-order valence-electron chi connectivity index (χ1n) is 25.7. The predicted molar refractivity (Wildman–Crippen MR) is 319 cm³/mol. The van der Waals surface area contributed by atoms with Crippen LogP contribution >= 0.6 is 31.9 Å². The quantitative estimate of drug-likeness (QED) is 0.0904. The highest BCUT2D eigenvalue weighted by molar-refractivity contribution is 9.10. The fraction of sp³-hybridized carbons (Fsp3) is 0.176. The molecule has 74 heavy (non-hydrogen) atoms. The maximum atomic E-state index is 6.72. The van der Waals surface area contributed by atoms with Gasteiger partial charge in [-0.25, -0.2) is 0 Å². The number of hydrogen-bond acceptors (Lipinski definition) is 4. The predicted octanol–water partition coefficient (Wildman–Crippen LogP) is 18.2. The average molecular weight is 1100 g/mol. The van der Waals surface area contributed by atoms with E-state index in [1.54, 1.807) is 0 Å². The van der Waals surface area contributed by atoms with Gasteiger partial charge in [-0.1, -0.05) is 190 Å². The summed E-state index contributed by atoms with van der Waals surface area (Å²) < 4.78 is 28.8. The summed E-state index contributed by atoms with van der Waals surface area (Å²) >= 11 is 7.91. The van der Waals surface area contributed by atoms with Crippen molar-refractivity contribution in [3.05, 3.63) is 256 Å². The van der Waals surface area contributed by atoms with Gasteiger partial charge in [-0.3, -0.25) is 0 Å². The standard InChI is InChI=1S/C68H62Br2O4/c1-5-71-65-55-35-53(33-31-51-27-23-49(24-28-51)21-19-47-15-11-9-12-16-47)36-56(65)40-60-44-64(70)46-62(68(60)74-8-4)42-58-38-54(34-32-52-29-25-50(26-30-52)22-20-48-17-13-10-14-18-48)37-57(66(58)72-6-2)41-61-45-63(69)43-59(39-55)67(61)73-7-3/h9-38,43-46H,5-8,39-42H2,1-4H3/b21-19+,22-20+,33-31+,34-32?. The van der Waals surface area contributed by atoms with Crippen molar-refractivity contribution in [3.63, 3.8) is 0 Å². The summed E-state index contributed by atoms with van der Waals surface area (Å²) in [5.41, 5.74) is 17.7. The molecule has 6 heteroatoms. The molecule has 0 N–H and O–H groups in total. The summed E-state index contributed by atoms with van der Waals surface area (Å²) in [6, 6.07) is 56.1. The summed E-state index contributed by atoms with van der Waals surface area (Å²) in [5, 5.41) is 0. The minimum Gasteiger partial charge on any atom is -0.493 e. The molecule has 0 atom stereocenters. The first kappa shape index (κ1) is 51.8. The van der Waals surface area contributed by atoms with Crippen LogP contribution in [0.25, 0.3) is 48.6 Å². The lowest BCUT2D eigenvalue weighted by Gasteiger charge is -2.23. The van der Waals surface area contributed by atoms with Crippen molar-refractivity contribution in [2.75, 3.05) is 26.4 Å². The molecule has 9 rings (SSSR count). The number of hydrogen-bond donors (Lipinski definition) is 0. The second kappa shape index (κ2) is 25.2. The Hall–Kier alpha value is -7.12. The summed E-state index contributed by atoms with van der Waals surface area (Å²) in [6.45, 7) is 10.3. The molecule has 372 valence electrons. The lowest BCUT2D eigenvalue weighted by Crippen LogP contribution is -2.10. The molecular weight excluding hydrogens is 1040 g/mol. The molecule has 4 nitrogen and oxygen atoms in total. The van der Waals surface area contributed by atoms with E-state index in [1.807, 2.05) is 12.1 Å². The maximum Gasteiger partial charge on any atom is 0.126 e. The van der Waals surface area contributed by atoms with Gasteiger partial charge < -0.3 is 18.9 Å². The van der Waals surface area contributed by atoms with Crippen LogP contribution in [0.4, 0.5) is 0 Å². The van der Waals surface area contributed by atoms with Crippen molar-refractivity contribution in [2.45, 2.75) is 53.4 Å². The second-order valence-electron chi connectivity index (χ2n) is 18.4. The summed E-state index contributed by atoms with van der Waals surface area (Å²) in [5.74, 6) is 3.54. The maximum absolute atomic E-state index is 6.72. The molecule has 0 amide bonds.